The summed E-state index contributed by atoms with van der Waals surface area (Å²) >= 11 is 6.28. The Labute approximate surface area is 161 Å². The molecule has 2 amide bonds. The van der Waals surface area contributed by atoms with Gasteiger partial charge in [-0.1, -0.05) is 29.8 Å². The maximum absolute atomic E-state index is 12.9. The van der Waals surface area contributed by atoms with Crippen molar-refractivity contribution >= 4 is 34.6 Å². The van der Waals surface area contributed by atoms with Crippen LogP contribution in [0.1, 0.15) is 32.2 Å². The Bertz CT molecular complexity index is 1030. The Balaban J connectivity index is 2.01. The third-order valence-corrected chi connectivity index (χ3v) is 4.34. The van der Waals surface area contributed by atoms with Gasteiger partial charge in [0.1, 0.15) is 0 Å². The molecule has 0 aliphatic carbocycles. The molecule has 0 atom stereocenters. The molecule has 3 aromatic rings. The number of nitrogens with zero attached hydrogens (tertiary/aromatic N) is 2. The van der Waals surface area contributed by atoms with Crippen LogP contribution in [0.5, 0.6) is 0 Å². The Kier molecular flexibility index (Phi) is 5.28. The number of carbonyl (C=O) groups excluding carboxylic acids is 2. The number of aromatic nitrogens is 2. The molecule has 0 bridgehead atoms. The Hall–Kier alpha value is -3.12. The fourth-order valence-electron chi connectivity index (χ4n) is 2.86. The summed E-state index contributed by atoms with van der Waals surface area (Å²) in [7, 11) is 0. The first-order valence-electron chi connectivity index (χ1n) is 8.36. The number of hydrogen-bond donors (Lipinski definition) is 2. The van der Waals surface area contributed by atoms with Crippen LogP contribution < -0.4 is 10.6 Å². The number of anilines is 1. The molecule has 0 aliphatic rings. The Morgan fingerprint density at radius 2 is 2.04 bits per heavy atom. The van der Waals surface area contributed by atoms with Gasteiger partial charge in [-0.15, -0.1) is 6.58 Å². The van der Waals surface area contributed by atoms with Gasteiger partial charge in [0.15, 0.2) is 5.69 Å². The number of benzene rings is 1. The Morgan fingerprint density at radius 3 is 2.74 bits per heavy atom. The standard InChI is InChI=1S/C20H19ClN4O2/c1-4-8-22-19(26)17-15-7-5-6-9-25(15)18(23-17)20(27)24-16-13(3)10-12(2)11-14(16)21/h4-7,9-11H,1,8H2,2-3H3,(H,22,26)(H,24,27). The van der Waals surface area contributed by atoms with Crippen molar-refractivity contribution in [3.05, 3.63) is 76.9 Å². The van der Waals surface area contributed by atoms with E-state index in [1.54, 1.807) is 40.9 Å². The molecule has 6 nitrogen and oxygen atoms in total. The summed E-state index contributed by atoms with van der Waals surface area (Å²) in [6.07, 6.45) is 3.26. The number of nitrogens with one attached hydrogen (secondary N) is 2. The summed E-state index contributed by atoms with van der Waals surface area (Å²) in [5, 5.41) is 5.94. The molecule has 0 spiro atoms. The largest absolute Gasteiger partial charge is 0.347 e. The van der Waals surface area contributed by atoms with Crippen LogP contribution in [-0.2, 0) is 0 Å². The van der Waals surface area contributed by atoms with Crippen molar-refractivity contribution in [2.24, 2.45) is 0 Å². The molecule has 0 saturated heterocycles. The van der Waals surface area contributed by atoms with Crippen molar-refractivity contribution < 1.29 is 9.59 Å². The summed E-state index contributed by atoms with van der Waals surface area (Å²) in [6, 6.07) is 8.99. The minimum Gasteiger partial charge on any atom is -0.347 e. The number of hydrogen-bond acceptors (Lipinski definition) is 3. The van der Waals surface area contributed by atoms with Crippen molar-refractivity contribution in [3.8, 4) is 0 Å². The van der Waals surface area contributed by atoms with Gasteiger partial charge in [-0.05, 0) is 43.2 Å². The molecule has 0 radical (unpaired) electrons. The molecule has 138 valence electrons. The van der Waals surface area contributed by atoms with Crippen molar-refractivity contribution in [3.63, 3.8) is 0 Å². The lowest BCUT2D eigenvalue weighted by molar-refractivity contribution is 0.0955. The molecule has 27 heavy (non-hydrogen) atoms. The lowest BCUT2D eigenvalue weighted by Crippen LogP contribution is -2.24. The highest BCUT2D eigenvalue weighted by Crippen LogP contribution is 2.28. The normalized spacial score (nSPS) is 10.6. The van der Waals surface area contributed by atoms with Crippen LogP contribution in [0, 0.1) is 13.8 Å². The second kappa shape index (κ2) is 7.63. The number of imidazole rings is 1. The molecular weight excluding hydrogens is 364 g/mol. The maximum atomic E-state index is 12.9. The zero-order chi connectivity index (χ0) is 19.6. The summed E-state index contributed by atoms with van der Waals surface area (Å²) in [6.45, 7) is 7.68. The number of fused-ring (bicyclic) bond motifs is 1. The first-order valence-corrected chi connectivity index (χ1v) is 8.74. The zero-order valence-corrected chi connectivity index (χ0v) is 15.8. The van der Waals surface area contributed by atoms with E-state index in [1.807, 2.05) is 19.9 Å². The molecule has 0 aliphatic heterocycles. The second-order valence-corrected chi connectivity index (χ2v) is 6.54. The fraction of sp³-hybridized carbons (Fsp3) is 0.150. The smallest absolute Gasteiger partial charge is 0.292 e. The van der Waals surface area contributed by atoms with Crippen molar-refractivity contribution in [2.45, 2.75) is 13.8 Å². The second-order valence-electron chi connectivity index (χ2n) is 6.13. The lowest BCUT2D eigenvalue weighted by atomic mass is 10.1. The molecule has 2 heterocycles. The molecule has 3 rings (SSSR count). The van der Waals surface area contributed by atoms with Crippen molar-refractivity contribution in [1.82, 2.24) is 14.7 Å². The van der Waals surface area contributed by atoms with Gasteiger partial charge in [-0.3, -0.25) is 14.0 Å². The highest BCUT2D eigenvalue weighted by atomic mass is 35.5. The molecule has 2 N–H and O–H groups in total. The number of halogens is 1. The van der Waals surface area contributed by atoms with Gasteiger partial charge in [0.2, 0.25) is 5.82 Å². The monoisotopic (exact) mass is 382 g/mol. The van der Waals surface area contributed by atoms with Gasteiger partial charge in [0.25, 0.3) is 11.8 Å². The summed E-state index contributed by atoms with van der Waals surface area (Å²) in [4.78, 5) is 29.5. The maximum Gasteiger partial charge on any atom is 0.292 e. The van der Waals surface area contributed by atoms with Crippen LogP contribution in [-0.4, -0.2) is 27.7 Å². The van der Waals surface area contributed by atoms with E-state index in [1.165, 1.54) is 0 Å². The van der Waals surface area contributed by atoms with Crippen LogP contribution >= 0.6 is 11.6 Å². The van der Waals surface area contributed by atoms with Crippen LogP contribution in [0.25, 0.3) is 5.52 Å². The van der Waals surface area contributed by atoms with Gasteiger partial charge >= 0.3 is 0 Å². The molecule has 7 heteroatoms. The highest BCUT2D eigenvalue weighted by Gasteiger charge is 2.22. The molecule has 0 saturated carbocycles. The number of carbonyl (C=O) groups is 2. The van der Waals surface area contributed by atoms with Crippen molar-refractivity contribution in [2.75, 3.05) is 11.9 Å². The van der Waals surface area contributed by atoms with E-state index in [9.17, 15) is 9.59 Å². The first-order chi connectivity index (χ1) is 12.9. The zero-order valence-electron chi connectivity index (χ0n) is 15.0. The fourth-order valence-corrected chi connectivity index (χ4v) is 3.23. The van der Waals surface area contributed by atoms with Crippen LogP contribution in [0.3, 0.4) is 0 Å². The number of rotatable bonds is 5. The van der Waals surface area contributed by atoms with Gasteiger partial charge < -0.3 is 10.6 Å². The van der Waals surface area contributed by atoms with E-state index in [2.05, 4.69) is 22.2 Å². The van der Waals surface area contributed by atoms with E-state index in [0.717, 1.165) is 11.1 Å². The third-order valence-electron chi connectivity index (χ3n) is 4.04. The minimum absolute atomic E-state index is 0.102. The van der Waals surface area contributed by atoms with Crippen LogP contribution in [0.15, 0.2) is 49.2 Å². The first kappa shape index (κ1) is 18.7. The minimum atomic E-state index is -0.451. The molecule has 2 aromatic heterocycles. The van der Waals surface area contributed by atoms with Gasteiger partial charge in [0.05, 0.1) is 16.2 Å². The van der Waals surface area contributed by atoms with E-state index in [0.29, 0.717) is 22.8 Å². The van der Waals surface area contributed by atoms with Crippen LogP contribution in [0.4, 0.5) is 5.69 Å². The number of amides is 2. The van der Waals surface area contributed by atoms with E-state index in [-0.39, 0.29) is 17.4 Å². The number of aryl methyl sites for hydroxylation is 2. The third kappa shape index (κ3) is 3.71. The average molecular weight is 383 g/mol. The molecule has 1 aromatic carbocycles. The number of pyridine rings is 1. The van der Waals surface area contributed by atoms with Crippen molar-refractivity contribution in [1.29, 1.82) is 0 Å². The Morgan fingerprint density at radius 1 is 1.26 bits per heavy atom. The van der Waals surface area contributed by atoms with Gasteiger partial charge in [-0.25, -0.2) is 4.98 Å². The summed E-state index contributed by atoms with van der Waals surface area (Å²) < 4.78 is 1.58. The SMILES string of the molecule is C=CCNC(=O)c1nc(C(=O)Nc2c(C)cc(C)cc2Cl)n2ccccc12. The topological polar surface area (TPSA) is 75.5 Å². The molecule has 0 fully saturated rings. The van der Waals surface area contributed by atoms with E-state index < -0.39 is 5.91 Å². The predicted octanol–water partition coefficient (Wildman–Crippen LogP) is 3.77. The average Bonchev–Trinajstić information content (AvgIpc) is 3.02. The van der Waals surface area contributed by atoms with Crippen LogP contribution in [0.2, 0.25) is 5.02 Å². The predicted molar refractivity (Wildman–Crippen MR) is 107 cm³/mol. The van der Waals surface area contributed by atoms with E-state index in [4.69, 9.17) is 11.6 Å². The van der Waals surface area contributed by atoms with Gasteiger partial charge in [0, 0.05) is 12.7 Å². The van der Waals surface area contributed by atoms with E-state index >= 15 is 0 Å². The summed E-state index contributed by atoms with van der Waals surface area (Å²) in [5.74, 6) is -0.722. The summed E-state index contributed by atoms with van der Waals surface area (Å²) in [5.41, 5.74) is 3.09. The van der Waals surface area contributed by atoms with Gasteiger partial charge in [-0.2, -0.15) is 0 Å². The highest BCUT2D eigenvalue weighted by molar-refractivity contribution is 6.34. The lowest BCUT2D eigenvalue weighted by Gasteiger charge is -2.11. The molecule has 0 unspecified atom stereocenters. The molecular formula is C20H19ClN4O2. The quantitative estimate of drug-likeness (QED) is 0.659.